The van der Waals surface area contributed by atoms with E-state index in [0.29, 0.717) is 33.9 Å². The minimum absolute atomic E-state index is 0.185. The van der Waals surface area contributed by atoms with E-state index in [-0.39, 0.29) is 17.4 Å². The molecule has 168 valence electrons. The van der Waals surface area contributed by atoms with Crippen molar-refractivity contribution in [3.05, 3.63) is 93.8 Å². The number of carbonyl (C=O) groups is 1. The third kappa shape index (κ3) is 5.74. The third-order valence-corrected chi connectivity index (χ3v) is 5.83. The Morgan fingerprint density at radius 3 is 2.39 bits per heavy atom. The predicted molar refractivity (Wildman–Crippen MR) is 125 cm³/mol. The molecule has 1 N–H and O–H groups in total. The monoisotopic (exact) mass is 482 g/mol. The molecule has 10 heteroatoms. The smallest absolute Gasteiger partial charge is 0.274 e. The first-order valence-corrected chi connectivity index (χ1v) is 11.4. The normalized spacial score (nSPS) is 10.9. The number of thioether (sulfide) groups is 1. The molecule has 2 aromatic heterocycles. The van der Waals surface area contributed by atoms with Crippen molar-refractivity contribution in [1.29, 1.82) is 0 Å². The highest BCUT2D eigenvalue weighted by Crippen LogP contribution is 2.24. The molecule has 0 fully saturated rings. The van der Waals surface area contributed by atoms with Crippen LogP contribution in [-0.4, -0.2) is 30.9 Å². The first-order valence-electron chi connectivity index (χ1n) is 10.1. The molecule has 2 heterocycles. The summed E-state index contributed by atoms with van der Waals surface area (Å²) in [5.74, 6) is -0.383. The minimum Gasteiger partial charge on any atom is -0.347 e. The number of rotatable bonds is 7. The number of hydrogen-bond acceptors (Lipinski definition) is 6. The van der Waals surface area contributed by atoms with Crippen LogP contribution in [0.3, 0.4) is 0 Å². The molecule has 0 aliphatic rings. The maximum absolute atomic E-state index is 13.4. The Hall–Kier alpha value is -3.30. The van der Waals surface area contributed by atoms with Crippen molar-refractivity contribution in [3.63, 3.8) is 0 Å². The summed E-state index contributed by atoms with van der Waals surface area (Å²) in [7, 11) is 0. The van der Waals surface area contributed by atoms with Gasteiger partial charge in [0, 0.05) is 28.7 Å². The molecular formula is C23H20ClFN6OS. The second kappa shape index (κ2) is 10.1. The first-order chi connectivity index (χ1) is 15.9. The highest BCUT2D eigenvalue weighted by molar-refractivity contribution is 7.98. The maximum atomic E-state index is 13.4. The Balaban J connectivity index is 1.60. The topological polar surface area (TPSA) is 85.6 Å². The van der Waals surface area contributed by atoms with E-state index in [1.165, 1.54) is 28.6 Å². The summed E-state index contributed by atoms with van der Waals surface area (Å²) in [6.45, 7) is 4.11. The number of nitrogens with one attached hydrogen (secondary N) is 1. The van der Waals surface area contributed by atoms with E-state index in [1.54, 1.807) is 24.3 Å². The SMILES string of the molecule is Cc1cc(C)nc(SCc2c(C(=O)NCc3ccc(Cl)cc3)nnn2-c2ccc(F)cc2)n1. The van der Waals surface area contributed by atoms with E-state index in [4.69, 9.17) is 11.6 Å². The highest BCUT2D eigenvalue weighted by atomic mass is 35.5. The number of halogens is 2. The van der Waals surface area contributed by atoms with E-state index in [0.717, 1.165) is 17.0 Å². The zero-order valence-electron chi connectivity index (χ0n) is 17.9. The molecule has 0 saturated heterocycles. The number of benzene rings is 2. The van der Waals surface area contributed by atoms with Gasteiger partial charge in [-0.25, -0.2) is 19.0 Å². The Morgan fingerprint density at radius 1 is 1.06 bits per heavy atom. The molecule has 1 amide bonds. The molecule has 4 rings (SSSR count). The van der Waals surface area contributed by atoms with Crippen molar-refractivity contribution in [2.24, 2.45) is 0 Å². The summed E-state index contributed by atoms with van der Waals surface area (Å²) >= 11 is 7.30. The number of aromatic nitrogens is 5. The second-order valence-electron chi connectivity index (χ2n) is 7.30. The van der Waals surface area contributed by atoms with Gasteiger partial charge in [0.2, 0.25) is 0 Å². The van der Waals surface area contributed by atoms with Crippen LogP contribution in [0.1, 0.15) is 33.1 Å². The van der Waals surface area contributed by atoms with Crippen LogP contribution in [0, 0.1) is 19.7 Å². The summed E-state index contributed by atoms with van der Waals surface area (Å²) in [4.78, 5) is 21.9. The Morgan fingerprint density at radius 2 is 1.73 bits per heavy atom. The van der Waals surface area contributed by atoms with Gasteiger partial charge in [-0.05, 0) is 61.9 Å². The molecule has 0 bridgehead atoms. The van der Waals surface area contributed by atoms with E-state index in [9.17, 15) is 9.18 Å². The summed E-state index contributed by atoms with van der Waals surface area (Å²) in [6, 6.07) is 14.9. The van der Waals surface area contributed by atoms with Gasteiger partial charge in [0.15, 0.2) is 10.9 Å². The Kier molecular flexibility index (Phi) is 7.00. The molecule has 0 atom stereocenters. The van der Waals surface area contributed by atoms with Gasteiger partial charge in [-0.2, -0.15) is 0 Å². The summed E-state index contributed by atoms with van der Waals surface area (Å²) in [5, 5.41) is 12.4. The zero-order valence-corrected chi connectivity index (χ0v) is 19.5. The van der Waals surface area contributed by atoms with E-state index < -0.39 is 0 Å². The average molecular weight is 483 g/mol. The number of aryl methyl sites for hydroxylation is 2. The molecule has 0 aliphatic heterocycles. The van der Waals surface area contributed by atoms with Gasteiger partial charge in [-0.1, -0.05) is 40.7 Å². The fourth-order valence-corrected chi connectivity index (χ4v) is 4.22. The molecular weight excluding hydrogens is 463 g/mol. The Bertz CT molecular complexity index is 1260. The molecule has 0 unspecified atom stereocenters. The average Bonchev–Trinajstić information content (AvgIpc) is 3.21. The molecule has 4 aromatic rings. The lowest BCUT2D eigenvalue weighted by Crippen LogP contribution is -2.24. The molecule has 33 heavy (non-hydrogen) atoms. The van der Waals surface area contributed by atoms with Gasteiger partial charge in [-0.3, -0.25) is 4.79 Å². The summed E-state index contributed by atoms with van der Waals surface area (Å²) < 4.78 is 15.0. The fourth-order valence-electron chi connectivity index (χ4n) is 3.16. The quantitative estimate of drug-likeness (QED) is 0.304. The van der Waals surface area contributed by atoms with Gasteiger partial charge in [-0.15, -0.1) is 5.10 Å². The molecule has 0 saturated carbocycles. The van der Waals surface area contributed by atoms with Gasteiger partial charge in [0.05, 0.1) is 11.4 Å². The van der Waals surface area contributed by atoms with Crippen molar-refractivity contribution in [2.45, 2.75) is 31.3 Å². The lowest BCUT2D eigenvalue weighted by atomic mass is 10.2. The zero-order chi connectivity index (χ0) is 23.4. The third-order valence-electron chi connectivity index (χ3n) is 4.72. The van der Waals surface area contributed by atoms with Crippen LogP contribution in [-0.2, 0) is 12.3 Å². The predicted octanol–water partition coefficient (Wildman–Crippen LogP) is 4.69. The first kappa shape index (κ1) is 22.9. The number of carbonyl (C=O) groups excluding carboxylic acids is 1. The second-order valence-corrected chi connectivity index (χ2v) is 8.68. The van der Waals surface area contributed by atoms with Crippen molar-refractivity contribution in [3.8, 4) is 5.69 Å². The molecule has 0 spiro atoms. The van der Waals surface area contributed by atoms with Crippen molar-refractivity contribution in [2.75, 3.05) is 0 Å². The van der Waals surface area contributed by atoms with Crippen molar-refractivity contribution < 1.29 is 9.18 Å². The Labute approximate surface area is 199 Å². The number of hydrogen-bond donors (Lipinski definition) is 1. The van der Waals surface area contributed by atoms with E-state index in [1.807, 2.05) is 32.0 Å². The number of amides is 1. The minimum atomic E-state index is -0.366. The molecule has 0 aliphatic carbocycles. The summed E-state index contributed by atoms with van der Waals surface area (Å²) in [5.41, 5.74) is 3.95. The van der Waals surface area contributed by atoms with Gasteiger partial charge < -0.3 is 5.32 Å². The molecule has 2 aromatic carbocycles. The van der Waals surface area contributed by atoms with Gasteiger partial charge >= 0.3 is 0 Å². The lowest BCUT2D eigenvalue weighted by Gasteiger charge is -2.09. The molecule has 7 nitrogen and oxygen atoms in total. The fraction of sp³-hybridized carbons (Fsp3) is 0.174. The standard InChI is InChI=1S/C23H20ClFN6OS/c1-14-11-15(2)28-23(27-14)33-13-20-21(22(32)26-12-16-3-5-17(24)6-4-16)29-30-31(20)19-9-7-18(25)8-10-19/h3-11H,12-13H2,1-2H3,(H,26,32). The lowest BCUT2D eigenvalue weighted by molar-refractivity contribution is 0.0945. The largest absolute Gasteiger partial charge is 0.347 e. The van der Waals surface area contributed by atoms with Gasteiger partial charge in [0.1, 0.15) is 5.82 Å². The summed E-state index contributed by atoms with van der Waals surface area (Å²) in [6.07, 6.45) is 0. The van der Waals surface area contributed by atoms with Gasteiger partial charge in [0.25, 0.3) is 5.91 Å². The molecule has 0 radical (unpaired) electrons. The van der Waals surface area contributed by atoms with Crippen LogP contribution < -0.4 is 5.32 Å². The van der Waals surface area contributed by atoms with Crippen LogP contribution in [0.5, 0.6) is 0 Å². The van der Waals surface area contributed by atoms with Crippen LogP contribution in [0.2, 0.25) is 5.02 Å². The van der Waals surface area contributed by atoms with Crippen LogP contribution >= 0.6 is 23.4 Å². The van der Waals surface area contributed by atoms with Crippen molar-refractivity contribution in [1.82, 2.24) is 30.3 Å². The van der Waals surface area contributed by atoms with Crippen LogP contribution in [0.25, 0.3) is 5.69 Å². The number of nitrogens with zero attached hydrogens (tertiary/aromatic N) is 5. The highest BCUT2D eigenvalue weighted by Gasteiger charge is 2.21. The van der Waals surface area contributed by atoms with Crippen LogP contribution in [0.15, 0.2) is 59.8 Å². The van der Waals surface area contributed by atoms with E-state index in [2.05, 4.69) is 25.6 Å². The van der Waals surface area contributed by atoms with E-state index >= 15 is 0 Å². The van der Waals surface area contributed by atoms with Crippen molar-refractivity contribution >= 4 is 29.3 Å². The maximum Gasteiger partial charge on any atom is 0.274 e. The van der Waals surface area contributed by atoms with Crippen LogP contribution in [0.4, 0.5) is 4.39 Å².